The Morgan fingerprint density at radius 1 is 1.38 bits per heavy atom. The van der Waals surface area contributed by atoms with Gasteiger partial charge in [-0.05, 0) is 31.6 Å². The van der Waals surface area contributed by atoms with Crippen LogP contribution in [0.3, 0.4) is 0 Å². The number of rotatable bonds is 8. The molecule has 0 saturated carbocycles. The number of nitrogens with zero attached hydrogens (tertiary/aromatic N) is 2. The second-order valence-corrected chi connectivity index (χ2v) is 4.72. The van der Waals surface area contributed by atoms with Gasteiger partial charge in [0.05, 0.1) is 4.92 Å². The van der Waals surface area contributed by atoms with Crippen LogP contribution in [0, 0.1) is 10.1 Å². The van der Waals surface area contributed by atoms with E-state index in [1.165, 1.54) is 18.2 Å². The second kappa shape index (κ2) is 8.21. The van der Waals surface area contributed by atoms with Crippen LogP contribution in [0.5, 0.6) is 0 Å². The third-order valence-electron chi connectivity index (χ3n) is 3.19. The first-order chi connectivity index (χ1) is 9.99. The molecule has 3 N–H and O–H groups in total. The maximum Gasteiger partial charge on any atom is 0.292 e. The molecule has 0 saturated heterocycles. The minimum Gasteiger partial charge on any atom is -0.393 e. The lowest BCUT2D eigenvalue weighted by atomic mass is 10.1. The van der Waals surface area contributed by atoms with E-state index in [9.17, 15) is 14.9 Å². The molecule has 0 unspecified atom stereocenters. The molecule has 0 atom stereocenters. The number of nitro benzene ring substituents is 1. The van der Waals surface area contributed by atoms with Crippen molar-refractivity contribution in [2.45, 2.75) is 20.3 Å². The number of hydrogen-bond donors (Lipinski definition) is 2. The number of carbonyl (C=O) groups excluding carboxylic acids is 1. The average Bonchev–Trinajstić information content (AvgIpc) is 2.46. The third-order valence-corrected chi connectivity index (χ3v) is 3.19. The van der Waals surface area contributed by atoms with Crippen molar-refractivity contribution in [3.8, 4) is 0 Å². The fraction of sp³-hybridized carbons (Fsp3) is 0.500. The van der Waals surface area contributed by atoms with Crippen LogP contribution in [0.1, 0.15) is 30.6 Å². The lowest BCUT2D eigenvalue weighted by molar-refractivity contribution is -0.383. The second-order valence-electron chi connectivity index (χ2n) is 4.72. The Morgan fingerprint density at radius 3 is 2.67 bits per heavy atom. The number of carbonyl (C=O) groups is 1. The molecule has 1 rings (SSSR count). The van der Waals surface area contributed by atoms with Crippen LogP contribution in [0.15, 0.2) is 18.2 Å². The number of amides is 1. The summed E-state index contributed by atoms with van der Waals surface area (Å²) in [4.78, 5) is 24.4. The highest BCUT2D eigenvalue weighted by molar-refractivity contribution is 5.95. The normalized spacial score (nSPS) is 10.6. The molecule has 1 aromatic carbocycles. The summed E-state index contributed by atoms with van der Waals surface area (Å²) in [6, 6.07) is 4.07. The number of benzene rings is 1. The van der Waals surface area contributed by atoms with Gasteiger partial charge in [-0.1, -0.05) is 13.8 Å². The highest BCUT2D eigenvalue weighted by atomic mass is 16.6. The monoisotopic (exact) mass is 294 g/mol. The van der Waals surface area contributed by atoms with Crippen molar-refractivity contribution in [2.24, 2.45) is 0 Å². The first kappa shape index (κ1) is 16.9. The summed E-state index contributed by atoms with van der Waals surface area (Å²) in [5.74, 6) is -0.328. The van der Waals surface area contributed by atoms with Crippen LogP contribution in [0.4, 0.5) is 11.4 Å². The van der Waals surface area contributed by atoms with Gasteiger partial charge in [0, 0.05) is 24.7 Å². The SMILES string of the molecule is CCCN(CC)CCNC(=O)c1ccc(N)c([N+](=O)[O-])c1. The summed E-state index contributed by atoms with van der Waals surface area (Å²) in [5.41, 5.74) is 5.55. The van der Waals surface area contributed by atoms with Gasteiger partial charge in [0.15, 0.2) is 0 Å². The molecule has 0 aliphatic rings. The van der Waals surface area contributed by atoms with Crippen molar-refractivity contribution < 1.29 is 9.72 Å². The number of anilines is 1. The lowest BCUT2D eigenvalue weighted by Crippen LogP contribution is -2.35. The number of nitrogens with two attached hydrogens (primary N) is 1. The topological polar surface area (TPSA) is 102 Å². The molecule has 0 spiro atoms. The van der Waals surface area contributed by atoms with Gasteiger partial charge in [0.25, 0.3) is 11.6 Å². The zero-order valence-corrected chi connectivity index (χ0v) is 12.5. The molecule has 1 amide bonds. The summed E-state index contributed by atoms with van der Waals surface area (Å²) < 4.78 is 0. The smallest absolute Gasteiger partial charge is 0.292 e. The number of nitro groups is 1. The Hall–Kier alpha value is -2.15. The largest absolute Gasteiger partial charge is 0.393 e. The van der Waals surface area contributed by atoms with Gasteiger partial charge in [-0.2, -0.15) is 0 Å². The van der Waals surface area contributed by atoms with E-state index in [1.54, 1.807) is 0 Å². The van der Waals surface area contributed by atoms with E-state index in [0.717, 1.165) is 26.1 Å². The molecule has 0 bridgehead atoms. The Morgan fingerprint density at radius 2 is 2.10 bits per heavy atom. The van der Waals surface area contributed by atoms with E-state index in [-0.39, 0.29) is 22.8 Å². The van der Waals surface area contributed by atoms with Crippen molar-refractivity contribution in [2.75, 3.05) is 31.9 Å². The Kier molecular flexibility index (Phi) is 6.61. The highest BCUT2D eigenvalue weighted by Crippen LogP contribution is 2.22. The summed E-state index contributed by atoms with van der Waals surface area (Å²) in [7, 11) is 0. The zero-order chi connectivity index (χ0) is 15.8. The van der Waals surface area contributed by atoms with Gasteiger partial charge in [-0.15, -0.1) is 0 Å². The van der Waals surface area contributed by atoms with Crippen molar-refractivity contribution in [3.05, 3.63) is 33.9 Å². The lowest BCUT2D eigenvalue weighted by Gasteiger charge is -2.19. The molecule has 116 valence electrons. The Labute approximate surface area is 124 Å². The van der Waals surface area contributed by atoms with Crippen molar-refractivity contribution in [1.29, 1.82) is 0 Å². The molecule has 0 fully saturated rings. The minimum absolute atomic E-state index is 0.0525. The fourth-order valence-electron chi connectivity index (χ4n) is 2.02. The molecule has 0 radical (unpaired) electrons. The van der Waals surface area contributed by atoms with E-state index in [0.29, 0.717) is 6.54 Å². The number of nitrogens with one attached hydrogen (secondary N) is 1. The van der Waals surface area contributed by atoms with Crippen LogP contribution < -0.4 is 11.1 Å². The summed E-state index contributed by atoms with van der Waals surface area (Å²) in [6.07, 6.45) is 1.06. The molecule has 7 nitrogen and oxygen atoms in total. The van der Waals surface area contributed by atoms with Gasteiger partial charge >= 0.3 is 0 Å². The van der Waals surface area contributed by atoms with Crippen molar-refractivity contribution in [1.82, 2.24) is 10.2 Å². The van der Waals surface area contributed by atoms with Crippen LogP contribution in [0.2, 0.25) is 0 Å². The van der Waals surface area contributed by atoms with E-state index in [1.807, 2.05) is 0 Å². The van der Waals surface area contributed by atoms with Crippen molar-refractivity contribution in [3.63, 3.8) is 0 Å². The third kappa shape index (κ3) is 5.03. The maximum atomic E-state index is 12.0. The quantitative estimate of drug-likeness (QED) is 0.431. The molecule has 7 heteroatoms. The van der Waals surface area contributed by atoms with Gasteiger partial charge < -0.3 is 16.0 Å². The van der Waals surface area contributed by atoms with Crippen LogP contribution in [-0.4, -0.2) is 41.9 Å². The molecule has 1 aromatic rings. The Bertz CT molecular complexity index is 505. The first-order valence-corrected chi connectivity index (χ1v) is 7.04. The average molecular weight is 294 g/mol. The summed E-state index contributed by atoms with van der Waals surface area (Å²) in [6.45, 7) is 7.35. The zero-order valence-electron chi connectivity index (χ0n) is 12.5. The first-order valence-electron chi connectivity index (χ1n) is 7.04. The van der Waals surface area contributed by atoms with Gasteiger partial charge in [-0.3, -0.25) is 14.9 Å². The van der Waals surface area contributed by atoms with Crippen molar-refractivity contribution >= 4 is 17.3 Å². The van der Waals surface area contributed by atoms with Gasteiger partial charge in [-0.25, -0.2) is 0 Å². The Balaban J connectivity index is 2.60. The van der Waals surface area contributed by atoms with Crippen LogP contribution >= 0.6 is 0 Å². The van der Waals surface area contributed by atoms with Gasteiger partial charge in [0.2, 0.25) is 0 Å². The fourth-order valence-corrected chi connectivity index (χ4v) is 2.02. The van der Waals surface area contributed by atoms with E-state index in [4.69, 9.17) is 5.73 Å². The van der Waals surface area contributed by atoms with E-state index in [2.05, 4.69) is 24.1 Å². The number of likely N-dealkylation sites (N-methyl/N-ethyl adjacent to an activating group) is 1. The molecule has 0 heterocycles. The molecular weight excluding hydrogens is 272 g/mol. The summed E-state index contributed by atoms with van der Waals surface area (Å²) in [5, 5.41) is 13.6. The van der Waals surface area contributed by atoms with E-state index < -0.39 is 4.92 Å². The van der Waals surface area contributed by atoms with Crippen LogP contribution in [-0.2, 0) is 0 Å². The maximum absolute atomic E-state index is 12.0. The molecule has 0 aliphatic carbocycles. The predicted octanol–water partition coefficient (Wildman–Crippen LogP) is 1.64. The predicted molar refractivity (Wildman–Crippen MR) is 82.2 cm³/mol. The molecular formula is C14H22N4O3. The summed E-state index contributed by atoms with van der Waals surface area (Å²) >= 11 is 0. The van der Waals surface area contributed by atoms with E-state index >= 15 is 0 Å². The molecule has 21 heavy (non-hydrogen) atoms. The molecule has 0 aliphatic heterocycles. The minimum atomic E-state index is -0.591. The number of nitrogen functional groups attached to an aromatic ring is 1. The van der Waals surface area contributed by atoms with Gasteiger partial charge in [0.1, 0.15) is 5.69 Å². The number of hydrogen-bond acceptors (Lipinski definition) is 5. The standard InChI is InChI=1S/C14H22N4O3/c1-3-8-17(4-2)9-7-16-14(19)11-5-6-12(15)13(10-11)18(20)21/h5-6,10H,3-4,7-9,15H2,1-2H3,(H,16,19). The van der Waals surface area contributed by atoms with Crippen LogP contribution in [0.25, 0.3) is 0 Å². The highest BCUT2D eigenvalue weighted by Gasteiger charge is 2.15. The molecule has 0 aromatic heterocycles.